The predicted molar refractivity (Wildman–Crippen MR) is 62.1 cm³/mol. The third-order valence-corrected chi connectivity index (χ3v) is 2.26. The van der Waals surface area contributed by atoms with Crippen LogP contribution in [0.2, 0.25) is 0 Å². The van der Waals surface area contributed by atoms with Crippen LogP contribution in [0, 0.1) is 0 Å². The Bertz CT molecular complexity index is 395. The van der Waals surface area contributed by atoms with Crippen molar-refractivity contribution in [1.82, 2.24) is 5.32 Å². The fraction of sp³-hybridized carbons (Fsp3) is 0.182. The predicted octanol–water partition coefficient (Wildman–Crippen LogP) is 3.18. The number of alkyl halides is 3. The van der Waals surface area contributed by atoms with Crippen LogP contribution in [0.25, 0.3) is 5.70 Å². The maximum atomic E-state index is 12.2. The second kappa shape index (κ2) is 5.12. The van der Waals surface area contributed by atoms with E-state index >= 15 is 0 Å². The maximum absolute atomic E-state index is 12.2. The number of thiocarbonyl (C=S) groups is 1. The van der Waals surface area contributed by atoms with Crippen LogP contribution >= 0.6 is 12.2 Å². The Hall–Kier alpha value is -1.36. The standard InChI is InChI=1S/C11H10F3NS/c1-15-9(7-10(16)11(12,13)14)8-5-3-2-4-6-8/h2-7,15H,1H3/b9-7-. The lowest BCUT2D eigenvalue weighted by atomic mass is 10.1. The molecule has 86 valence electrons. The van der Waals surface area contributed by atoms with E-state index < -0.39 is 11.0 Å². The van der Waals surface area contributed by atoms with Gasteiger partial charge in [-0.05, 0) is 11.6 Å². The molecule has 0 aliphatic heterocycles. The minimum Gasteiger partial charge on any atom is -0.388 e. The van der Waals surface area contributed by atoms with Crippen LogP contribution in [0.1, 0.15) is 5.56 Å². The van der Waals surface area contributed by atoms with Gasteiger partial charge in [-0.2, -0.15) is 13.2 Å². The lowest BCUT2D eigenvalue weighted by Gasteiger charge is -2.09. The molecule has 0 bridgehead atoms. The number of hydrogen-bond acceptors (Lipinski definition) is 2. The SMILES string of the molecule is CN/C(=C\C(=S)C(F)(F)F)c1ccccc1. The van der Waals surface area contributed by atoms with Crippen molar-refractivity contribution in [2.75, 3.05) is 7.05 Å². The second-order valence-corrected chi connectivity index (χ2v) is 3.48. The number of rotatable bonds is 3. The largest absolute Gasteiger partial charge is 0.426 e. The Morgan fingerprint density at radius 1 is 1.25 bits per heavy atom. The first-order valence-corrected chi connectivity index (χ1v) is 4.92. The minimum absolute atomic E-state index is 0.350. The Morgan fingerprint density at radius 2 is 1.81 bits per heavy atom. The summed E-state index contributed by atoms with van der Waals surface area (Å²) in [5.41, 5.74) is 1.01. The number of halogens is 3. The third-order valence-electron chi connectivity index (χ3n) is 1.91. The molecule has 0 aliphatic carbocycles. The van der Waals surface area contributed by atoms with Crippen LogP contribution in [0.3, 0.4) is 0 Å². The van der Waals surface area contributed by atoms with Crippen molar-refractivity contribution in [2.45, 2.75) is 6.18 Å². The first kappa shape index (κ1) is 12.7. The summed E-state index contributed by atoms with van der Waals surface area (Å²) < 4.78 is 36.7. The van der Waals surface area contributed by atoms with Crippen LogP contribution in [-0.4, -0.2) is 18.1 Å². The average molecular weight is 245 g/mol. The van der Waals surface area contributed by atoms with Crippen molar-refractivity contribution in [3.05, 3.63) is 42.0 Å². The Kier molecular flexibility index (Phi) is 4.06. The average Bonchev–Trinajstić information content (AvgIpc) is 2.25. The van der Waals surface area contributed by atoms with Gasteiger partial charge in [0.15, 0.2) is 0 Å². The molecule has 16 heavy (non-hydrogen) atoms. The van der Waals surface area contributed by atoms with Gasteiger partial charge in [-0.15, -0.1) is 0 Å². The third kappa shape index (κ3) is 3.34. The molecule has 0 radical (unpaired) electrons. The highest BCUT2D eigenvalue weighted by Gasteiger charge is 2.32. The van der Waals surface area contributed by atoms with Gasteiger partial charge in [0.25, 0.3) is 0 Å². The zero-order valence-corrected chi connectivity index (χ0v) is 9.32. The van der Waals surface area contributed by atoms with Crippen molar-refractivity contribution in [1.29, 1.82) is 0 Å². The minimum atomic E-state index is -4.47. The lowest BCUT2D eigenvalue weighted by Crippen LogP contribution is -2.20. The number of hydrogen-bond donors (Lipinski definition) is 1. The molecule has 0 atom stereocenters. The molecule has 0 amide bonds. The van der Waals surface area contributed by atoms with E-state index in [1.165, 1.54) is 0 Å². The van der Waals surface area contributed by atoms with Gasteiger partial charge in [-0.3, -0.25) is 0 Å². The zero-order valence-electron chi connectivity index (χ0n) is 8.51. The van der Waals surface area contributed by atoms with E-state index in [0.29, 0.717) is 11.3 Å². The molecule has 0 heterocycles. The van der Waals surface area contributed by atoms with Crippen LogP contribution < -0.4 is 5.32 Å². The molecular formula is C11H10F3NS. The monoisotopic (exact) mass is 245 g/mol. The van der Waals surface area contributed by atoms with Gasteiger partial charge in [0.2, 0.25) is 0 Å². The molecule has 0 aromatic heterocycles. The summed E-state index contributed by atoms with van der Waals surface area (Å²) in [6, 6.07) is 8.70. The summed E-state index contributed by atoms with van der Waals surface area (Å²) in [5, 5.41) is 2.69. The summed E-state index contributed by atoms with van der Waals surface area (Å²) >= 11 is 4.29. The molecule has 1 aromatic rings. The van der Waals surface area contributed by atoms with E-state index in [0.717, 1.165) is 6.08 Å². The normalized spacial score (nSPS) is 12.4. The molecule has 0 saturated carbocycles. The molecule has 0 spiro atoms. The number of nitrogens with one attached hydrogen (secondary N) is 1. The highest BCUT2D eigenvalue weighted by molar-refractivity contribution is 7.81. The lowest BCUT2D eigenvalue weighted by molar-refractivity contribution is -0.0552. The van der Waals surface area contributed by atoms with Crippen molar-refractivity contribution >= 4 is 22.8 Å². The highest BCUT2D eigenvalue weighted by atomic mass is 32.1. The van der Waals surface area contributed by atoms with Gasteiger partial charge in [0.1, 0.15) is 4.86 Å². The number of allylic oxidation sites excluding steroid dienone is 1. The Labute approximate surface area is 97.0 Å². The molecule has 0 aliphatic rings. The van der Waals surface area contributed by atoms with Crippen molar-refractivity contribution in [2.24, 2.45) is 0 Å². The summed E-state index contributed by atoms with van der Waals surface area (Å²) in [6.45, 7) is 0. The Balaban J connectivity index is 3.00. The first-order valence-electron chi connectivity index (χ1n) is 4.51. The summed E-state index contributed by atoms with van der Waals surface area (Å²) in [5.74, 6) is 0. The van der Waals surface area contributed by atoms with Gasteiger partial charge in [-0.25, -0.2) is 0 Å². The molecular weight excluding hydrogens is 235 g/mol. The van der Waals surface area contributed by atoms with Crippen LogP contribution in [0.5, 0.6) is 0 Å². The van der Waals surface area contributed by atoms with E-state index in [-0.39, 0.29) is 0 Å². The molecule has 0 fully saturated rings. The Morgan fingerprint density at radius 3 is 2.25 bits per heavy atom. The van der Waals surface area contributed by atoms with Crippen molar-refractivity contribution < 1.29 is 13.2 Å². The molecule has 1 nitrogen and oxygen atoms in total. The highest BCUT2D eigenvalue weighted by Crippen LogP contribution is 2.21. The van der Waals surface area contributed by atoms with Crippen molar-refractivity contribution in [3.63, 3.8) is 0 Å². The molecule has 1 aromatic carbocycles. The fourth-order valence-corrected chi connectivity index (χ4v) is 1.25. The molecule has 0 saturated heterocycles. The van der Waals surface area contributed by atoms with Crippen LogP contribution in [0.15, 0.2) is 36.4 Å². The van der Waals surface area contributed by atoms with Gasteiger partial charge >= 0.3 is 6.18 Å². The van der Waals surface area contributed by atoms with Gasteiger partial charge in [0, 0.05) is 12.7 Å². The summed E-state index contributed by atoms with van der Waals surface area (Å²) in [7, 11) is 1.55. The van der Waals surface area contributed by atoms with E-state index in [4.69, 9.17) is 0 Å². The van der Waals surface area contributed by atoms with E-state index in [1.807, 2.05) is 0 Å². The fourth-order valence-electron chi connectivity index (χ4n) is 1.13. The van der Waals surface area contributed by atoms with E-state index in [9.17, 15) is 13.2 Å². The first-order chi connectivity index (χ1) is 7.45. The number of benzene rings is 1. The van der Waals surface area contributed by atoms with E-state index in [2.05, 4.69) is 17.5 Å². The quantitative estimate of drug-likeness (QED) is 0.648. The topological polar surface area (TPSA) is 12.0 Å². The molecule has 1 rings (SSSR count). The van der Waals surface area contributed by atoms with Crippen molar-refractivity contribution in [3.8, 4) is 0 Å². The second-order valence-electron chi connectivity index (χ2n) is 3.04. The summed E-state index contributed by atoms with van der Waals surface area (Å²) in [6.07, 6.45) is -3.54. The van der Waals surface area contributed by atoms with Crippen LogP contribution in [0.4, 0.5) is 13.2 Å². The molecule has 1 N–H and O–H groups in total. The van der Waals surface area contributed by atoms with Crippen LogP contribution in [-0.2, 0) is 0 Å². The van der Waals surface area contributed by atoms with Gasteiger partial charge in [0.05, 0.1) is 0 Å². The smallest absolute Gasteiger partial charge is 0.388 e. The van der Waals surface area contributed by atoms with E-state index in [1.54, 1.807) is 37.4 Å². The molecule has 0 unspecified atom stereocenters. The summed E-state index contributed by atoms with van der Waals surface area (Å²) in [4.78, 5) is -1.04. The molecule has 5 heteroatoms. The van der Waals surface area contributed by atoms with Gasteiger partial charge < -0.3 is 5.32 Å². The maximum Gasteiger partial charge on any atom is 0.426 e. The zero-order chi connectivity index (χ0) is 12.2. The van der Waals surface area contributed by atoms with Gasteiger partial charge in [-0.1, -0.05) is 42.5 Å².